The first-order valence-corrected chi connectivity index (χ1v) is 7.64. The minimum Gasteiger partial charge on any atom is -0.282 e. The maximum absolute atomic E-state index is 12.6. The van der Waals surface area contributed by atoms with E-state index < -0.39 is 44.9 Å². The summed E-state index contributed by atoms with van der Waals surface area (Å²) in [5, 5.41) is 22.8. The molecule has 4 rings (SSSR count). The van der Waals surface area contributed by atoms with Crippen molar-refractivity contribution in [2.24, 2.45) is 23.7 Å². The molecule has 1 N–H and O–H groups in total. The Kier molecular flexibility index (Phi) is 3.11. The summed E-state index contributed by atoms with van der Waals surface area (Å²) in [6.45, 7) is 0. The first kappa shape index (κ1) is 15.2. The van der Waals surface area contributed by atoms with Crippen LogP contribution in [0, 0.1) is 43.9 Å². The number of anilines is 1. The summed E-state index contributed by atoms with van der Waals surface area (Å²) >= 11 is 0. The van der Waals surface area contributed by atoms with Gasteiger partial charge in [-0.1, -0.05) is 12.2 Å². The molecular weight excluding hydrogens is 332 g/mol. The van der Waals surface area contributed by atoms with Crippen LogP contribution in [0.4, 0.5) is 17.1 Å². The summed E-state index contributed by atoms with van der Waals surface area (Å²) in [5.41, 5.74) is 1.33. The zero-order valence-electron chi connectivity index (χ0n) is 12.7. The fourth-order valence-electron chi connectivity index (χ4n) is 4.01. The predicted octanol–water partition coefficient (Wildman–Crippen LogP) is 1.64. The van der Waals surface area contributed by atoms with Crippen LogP contribution < -0.4 is 5.43 Å². The highest BCUT2D eigenvalue weighted by molar-refractivity contribution is 6.07. The van der Waals surface area contributed by atoms with Gasteiger partial charge in [0.2, 0.25) is 0 Å². The third kappa shape index (κ3) is 2.10. The molecule has 4 atom stereocenters. The normalized spacial score (nSPS) is 29.2. The molecule has 1 heterocycles. The van der Waals surface area contributed by atoms with Gasteiger partial charge in [-0.2, -0.15) is 5.01 Å². The van der Waals surface area contributed by atoms with Crippen LogP contribution in [0.5, 0.6) is 0 Å². The standard InChI is InChI=1S/C15H12N4O6/c20-14-12-7-1-2-8(5-7)13(12)15(21)17(14)16-10-4-3-9(18(22)23)6-11(10)19(24)25/h1-4,6-8,12-13,16H,5H2/t7-,8+,12-,13-/m0/s1. The Morgan fingerprint density at radius 1 is 1.00 bits per heavy atom. The molecular formula is C15H12N4O6. The number of hydrogen-bond acceptors (Lipinski definition) is 7. The van der Waals surface area contributed by atoms with E-state index in [2.05, 4.69) is 5.43 Å². The average Bonchev–Trinajstić information content (AvgIpc) is 3.24. The molecule has 1 aliphatic heterocycles. The quantitative estimate of drug-likeness (QED) is 0.379. The predicted molar refractivity (Wildman–Crippen MR) is 82.9 cm³/mol. The van der Waals surface area contributed by atoms with Crippen molar-refractivity contribution in [2.75, 3.05) is 5.43 Å². The number of hydrogen-bond donors (Lipinski definition) is 1. The van der Waals surface area contributed by atoms with Crippen molar-refractivity contribution in [3.8, 4) is 0 Å². The van der Waals surface area contributed by atoms with E-state index >= 15 is 0 Å². The number of imide groups is 1. The summed E-state index contributed by atoms with van der Waals surface area (Å²) in [6, 6.07) is 2.99. The van der Waals surface area contributed by atoms with Gasteiger partial charge in [0.15, 0.2) is 0 Å². The van der Waals surface area contributed by atoms with E-state index in [1.165, 1.54) is 0 Å². The lowest BCUT2D eigenvalue weighted by molar-refractivity contribution is -0.393. The summed E-state index contributed by atoms with van der Waals surface area (Å²) in [4.78, 5) is 45.6. The molecule has 2 aliphatic carbocycles. The van der Waals surface area contributed by atoms with Crippen LogP contribution in [0.2, 0.25) is 0 Å². The van der Waals surface area contributed by atoms with Gasteiger partial charge in [-0.15, -0.1) is 0 Å². The zero-order valence-corrected chi connectivity index (χ0v) is 12.7. The van der Waals surface area contributed by atoms with Gasteiger partial charge < -0.3 is 0 Å². The van der Waals surface area contributed by atoms with Crippen LogP contribution in [0.3, 0.4) is 0 Å². The lowest BCUT2D eigenvalue weighted by Gasteiger charge is -2.19. The highest BCUT2D eigenvalue weighted by Crippen LogP contribution is 2.52. The molecule has 2 bridgehead atoms. The number of allylic oxidation sites excluding steroid dienone is 2. The largest absolute Gasteiger partial charge is 0.300 e. The average molecular weight is 344 g/mol. The number of amides is 2. The Bertz CT molecular complexity index is 836. The van der Waals surface area contributed by atoms with E-state index in [4.69, 9.17) is 0 Å². The Morgan fingerprint density at radius 2 is 1.60 bits per heavy atom. The third-order valence-electron chi connectivity index (χ3n) is 5.09. The van der Waals surface area contributed by atoms with Crippen LogP contribution in [0.15, 0.2) is 30.4 Å². The van der Waals surface area contributed by atoms with Crippen LogP contribution in [-0.2, 0) is 9.59 Å². The lowest BCUT2D eigenvalue weighted by atomic mass is 9.85. The van der Waals surface area contributed by atoms with Gasteiger partial charge in [0.05, 0.1) is 27.7 Å². The van der Waals surface area contributed by atoms with Crippen molar-refractivity contribution < 1.29 is 19.4 Å². The van der Waals surface area contributed by atoms with Gasteiger partial charge in [0, 0.05) is 6.07 Å². The highest BCUT2D eigenvalue weighted by atomic mass is 16.6. The molecule has 2 fully saturated rings. The van der Waals surface area contributed by atoms with Gasteiger partial charge in [0.25, 0.3) is 17.5 Å². The molecule has 1 aromatic rings. The summed E-state index contributed by atoms with van der Waals surface area (Å²) in [6.07, 6.45) is 4.65. The monoisotopic (exact) mass is 344 g/mol. The van der Waals surface area contributed by atoms with E-state index in [-0.39, 0.29) is 17.5 Å². The maximum atomic E-state index is 12.6. The molecule has 25 heavy (non-hydrogen) atoms. The smallest absolute Gasteiger partial charge is 0.282 e. The van der Waals surface area contributed by atoms with Crippen LogP contribution in [0.25, 0.3) is 0 Å². The number of nitrogens with one attached hydrogen (secondary N) is 1. The lowest BCUT2D eigenvalue weighted by Crippen LogP contribution is -2.38. The molecule has 1 saturated heterocycles. The number of carbonyl (C=O) groups is 2. The molecule has 10 nitrogen and oxygen atoms in total. The number of nitrogens with zero attached hydrogens (tertiary/aromatic N) is 3. The first-order chi connectivity index (χ1) is 11.9. The number of fused-ring (bicyclic) bond motifs is 5. The second-order valence-electron chi connectivity index (χ2n) is 6.34. The van der Waals surface area contributed by atoms with Crippen LogP contribution in [0.1, 0.15) is 6.42 Å². The molecule has 2 amide bonds. The van der Waals surface area contributed by atoms with Crippen molar-refractivity contribution in [3.05, 3.63) is 50.6 Å². The van der Waals surface area contributed by atoms with Crippen LogP contribution in [-0.4, -0.2) is 26.7 Å². The SMILES string of the molecule is O=C1[C@@H]2[C@@H](C(=O)N1Nc1ccc([N+](=O)[O-])cc1[N+](=O)[O-])[C@H]1C=C[C@@H]2C1. The van der Waals surface area contributed by atoms with E-state index in [0.717, 1.165) is 29.6 Å². The Balaban J connectivity index is 1.65. The molecule has 128 valence electrons. The molecule has 0 spiro atoms. The molecule has 0 unspecified atom stereocenters. The summed E-state index contributed by atoms with van der Waals surface area (Å²) < 4.78 is 0. The van der Waals surface area contributed by atoms with Crippen LogP contribution >= 0.6 is 0 Å². The van der Waals surface area contributed by atoms with Crippen molar-refractivity contribution >= 4 is 28.9 Å². The topological polar surface area (TPSA) is 136 Å². The van der Waals surface area contributed by atoms with E-state index in [0.29, 0.717) is 0 Å². The molecule has 1 saturated carbocycles. The molecule has 10 heteroatoms. The Morgan fingerprint density at radius 3 is 2.12 bits per heavy atom. The number of nitro groups is 2. The van der Waals surface area contributed by atoms with Gasteiger partial charge in [0.1, 0.15) is 5.69 Å². The van der Waals surface area contributed by atoms with Gasteiger partial charge in [-0.05, 0) is 24.3 Å². The molecule has 3 aliphatic rings. The van der Waals surface area contributed by atoms with E-state index in [1.54, 1.807) is 0 Å². The molecule has 0 radical (unpaired) electrons. The van der Waals surface area contributed by atoms with Gasteiger partial charge in [-0.25, -0.2) is 0 Å². The number of carbonyl (C=O) groups excluding carboxylic acids is 2. The number of rotatable bonds is 4. The van der Waals surface area contributed by atoms with Crippen molar-refractivity contribution in [2.45, 2.75) is 6.42 Å². The summed E-state index contributed by atoms with van der Waals surface area (Å²) in [5.74, 6) is -1.67. The minimum absolute atomic E-state index is 0.0186. The molecule has 1 aromatic carbocycles. The summed E-state index contributed by atoms with van der Waals surface area (Å²) in [7, 11) is 0. The fraction of sp³-hybridized carbons (Fsp3) is 0.333. The number of non-ortho nitro benzene ring substituents is 1. The first-order valence-electron chi connectivity index (χ1n) is 7.64. The van der Waals surface area contributed by atoms with Gasteiger partial charge in [-0.3, -0.25) is 35.2 Å². The van der Waals surface area contributed by atoms with Crippen molar-refractivity contribution in [1.29, 1.82) is 0 Å². The third-order valence-corrected chi connectivity index (χ3v) is 5.09. The highest BCUT2D eigenvalue weighted by Gasteiger charge is 2.59. The van der Waals surface area contributed by atoms with Gasteiger partial charge >= 0.3 is 5.69 Å². The number of benzene rings is 1. The Hall–Kier alpha value is -3.30. The minimum atomic E-state index is -0.799. The fourth-order valence-corrected chi connectivity index (χ4v) is 4.01. The number of nitro benzene ring substituents is 2. The Labute approximate surface area is 140 Å². The second kappa shape index (κ2) is 5.10. The second-order valence-corrected chi connectivity index (χ2v) is 6.34. The van der Waals surface area contributed by atoms with Crippen molar-refractivity contribution in [3.63, 3.8) is 0 Å². The molecule has 0 aromatic heterocycles. The number of hydrazine groups is 1. The zero-order chi connectivity index (χ0) is 17.9. The van der Waals surface area contributed by atoms with E-state index in [1.807, 2.05) is 12.2 Å². The van der Waals surface area contributed by atoms with Crippen molar-refractivity contribution in [1.82, 2.24) is 5.01 Å². The van der Waals surface area contributed by atoms with E-state index in [9.17, 15) is 29.8 Å². The maximum Gasteiger partial charge on any atom is 0.300 e.